The van der Waals surface area contributed by atoms with Crippen LogP contribution in [0.2, 0.25) is 0 Å². The first-order valence-electron chi connectivity index (χ1n) is 7.42. The minimum Gasteiger partial charge on any atom is -0.388 e. The van der Waals surface area contributed by atoms with Crippen molar-refractivity contribution in [1.82, 2.24) is 0 Å². The summed E-state index contributed by atoms with van der Waals surface area (Å²) < 4.78 is 12.9. The lowest BCUT2D eigenvalue weighted by Crippen LogP contribution is -2.20. The molecule has 2 aromatic rings. The fourth-order valence-electron chi connectivity index (χ4n) is 2.09. The molecule has 0 aromatic heterocycles. The van der Waals surface area contributed by atoms with E-state index in [1.807, 2.05) is 81.4 Å². The zero-order valence-electron chi connectivity index (χ0n) is 13.2. The van der Waals surface area contributed by atoms with Crippen molar-refractivity contribution >= 4 is 16.9 Å². The molecule has 22 heavy (non-hydrogen) atoms. The van der Waals surface area contributed by atoms with Crippen molar-refractivity contribution in [1.29, 1.82) is 0 Å². The second kappa shape index (κ2) is 7.52. The largest absolute Gasteiger partial charge is 0.388 e. The number of aliphatic hydroxyl groups excluding tert-OH is 1. The summed E-state index contributed by atoms with van der Waals surface area (Å²) in [5, 5.41) is 10.5. The number of hydrogen-bond acceptors (Lipinski definition) is 2. The molecule has 1 N–H and O–H groups in total. The minimum atomic E-state index is -1.37. The van der Waals surface area contributed by atoms with E-state index in [0.717, 1.165) is 11.1 Å². The smallest absolute Gasteiger partial charge is 0.0900 e. The Bertz CT molecular complexity index is 658. The molecule has 0 spiro atoms. The van der Waals surface area contributed by atoms with Crippen LogP contribution in [-0.2, 0) is 10.8 Å². The van der Waals surface area contributed by atoms with Crippen LogP contribution in [0.25, 0.3) is 6.08 Å². The summed E-state index contributed by atoms with van der Waals surface area (Å²) in [6.07, 6.45) is 1.10. The van der Waals surface area contributed by atoms with Crippen molar-refractivity contribution in [2.45, 2.75) is 31.8 Å². The highest BCUT2D eigenvalue weighted by Crippen LogP contribution is 2.24. The van der Waals surface area contributed by atoms with Crippen LogP contribution in [0.4, 0.5) is 0 Å². The maximum atomic E-state index is 12.9. The molecule has 2 rings (SSSR count). The zero-order chi connectivity index (χ0) is 16.1. The summed E-state index contributed by atoms with van der Waals surface area (Å²) in [6.45, 7) is 5.85. The van der Waals surface area contributed by atoms with E-state index in [2.05, 4.69) is 0 Å². The summed E-state index contributed by atoms with van der Waals surface area (Å²) >= 11 is 0. The SMILES string of the molecule is Cc1ccc(S(=O)/C(=C/c2ccccc2)[C@@H](O)C(C)C)cc1. The quantitative estimate of drug-likeness (QED) is 0.899. The second-order valence-corrected chi connectivity index (χ2v) is 7.21. The van der Waals surface area contributed by atoms with E-state index in [0.29, 0.717) is 9.80 Å². The van der Waals surface area contributed by atoms with Gasteiger partial charge in [-0.1, -0.05) is 61.9 Å². The predicted molar refractivity (Wildman–Crippen MR) is 92.9 cm³/mol. The Hall–Kier alpha value is -1.71. The van der Waals surface area contributed by atoms with Gasteiger partial charge in [-0.25, -0.2) is 4.21 Å². The van der Waals surface area contributed by atoms with E-state index in [9.17, 15) is 9.32 Å². The van der Waals surface area contributed by atoms with E-state index >= 15 is 0 Å². The molecule has 2 atom stereocenters. The van der Waals surface area contributed by atoms with Gasteiger partial charge in [-0.15, -0.1) is 0 Å². The minimum absolute atomic E-state index is 0.00404. The molecule has 0 saturated carbocycles. The van der Waals surface area contributed by atoms with Crippen LogP contribution in [0.5, 0.6) is 0 Å². The lowest BCUT2D eigenvalue weighted by Gasteiger charge is -2.18. The van der Waals surface area contributed by atoms with Gasteiger partial charge in [0.15, 0.2) is 0 Å². The van der Waals surface area contributed by atoms with E-state index < -0.39 is 16.9 Å². The third-order valence-electron chi connectivity index (χ3n) is 3.48. The highest BCUT2D eigenvalue weighted by Gasteiger charge is 2.21. The Morgan fingerprint density at radius 2 is 1.64 bits per heavy atom. The van der Waals surface area contributed by atoms with E-state index in [1.54, 1.807) is 0 Å². The van der Waals surface area contributed by atoms with Crippen molar-refractivity contribution in [3.05, 3.63) is 70.6 Å². The summed E-state index contributed by atoms with van der Waals surface area (Å²) in [4.78, 5) is 1.26. The third kappa shape index (κ3) is 4.15. The second-order valence-electron chi connectivity index (χ2n) is 5.73. The van der Waals surface area contributed by atoms with Crippen LogP contribution in [-0.4, -0.2) is 15.4 Å². The molecule has 116 valence electrons. The normalized spacial score (nSPS) is 14.9. The highest BCUT2D eigenvalue weighted by molar-refractivity contribution is 7.89. The predicted octanol–water partition coefficient (Wildman–Crippen LogP) is 4.16. The number of benzene rings is 2. The number of hydrogen-bond donors (Lipinski definition) is 1. The van der Waals surface area contributed by atoms with Crippen molar-refractivity contribution in [3.63, 3.8) is 0 Å². The standard InChI is InChI=1S/C19H22O2S/c1-14(2)19(20)18(13-16-7-5-4-6-8-16)22(21)17-11-9-15(3)10-12-17/h4-14,19-20H,1-3H3/b18-13+/t19-,22?/m0/s1. The van der Waals surface area contributed by atoms with Crippen molar-refractivity contribution < 1.29 is 9.32 Å². The Balaban J connectivity index is 2.42. The molecular formula is C19H22O2S. The van der Waals surface area contributed by atoms with Gasteiger partial charge in [-0.3, -0.25) is 0 Å². The first-order chi connectivity index (χ1) is 10.5. The summed E-state index contributed by atoms with van der Waals surface area (Å²) in [6, 6.07) is 17.3. The van der Waals surface area contributed by atoms with Crippen LogP contribution < -0.4 is 0 Å². The number of aryl methyl sites for hydroxylation is 1. The maximum Gasteiger partial charge on any atom is 0.0900 e. The van der Waals surface area contributed by atoms with Crippen LogP contribution in [0.3, 0.4) is 0 Å². The first kappa shape index (κ1) is 16.7. The first-order valence-corrected chi connectivity index (χ1v) is 8.57. The van der Waals surface area contributed by atoms with Gasteiger partial charge in [0.1, 0.15) is 0 Å². The monoisotopic (exact) mass is 314 g/mol. The molecule has 0 heterocycles. The van der Waals surface area contributed by atoms with Crippen molar-refractivity contribution in [2.75, 3.05) is 0 Å². The summed E-state index contributed by atoms with van der Waals surface area (Å²) in [5.41, 5.74) is 2.07. The van der Waals surface area contributed by atoms with Gasteiger partial charge in [-0.05, 0) is 36.6 Å². The zero-order valence-corrected chi connectivity index (χ0v) is 14.0. The van der Waals surface area contributed by atoms with Crippen molar-refractivity contribution in [3.8, 4) is 0 Å². The fraction of sp³-hybridized carbons (Fsp3) is 0.263. The van der Waals surface area contributed by atoms with Crippen LogP contribution in [0, 0.1) is 12.8 Å². The van der Waals surface area contributed by atoms with E-state index in [-0.39, 0.29) is 5.92 Å². The molecule has 0 saturated heterocycles. The third-order valence-corrected chi connectivity index (χ3v) is 4.97. The number of rotatable bonds is 5. The van der Waals surface area contributed by atoms with Crippen LogP contribution >= 0.6 is 0 Å². The Labute approximate surface area is 135 Å². The van der Waals surface area contributed by atoms with Gasteiger partial charge in [-0.2, -0.15) is 0 Å². The highest BCUT2D eigenvalue weighted by atomic mass is 32.2. The van der Waals surface area contributed by atoms with E-state index in [1.165, 1.54) is 0 Å². The molecule has 0 aliphatic heterocycles. The fourth-order valence-corrected chi connectivity index (χ4v) is 3.48. The van der Waals surface area contributed by atoms with Gasteiger partial charge < -0.3 is 5.11 Å². The molecule has 3 heteroatoms. The molecule has 2 aromatic carbocycles. The maximum absolute atomic E-state index is 12.9. The topological polar surface area (TPSA) is 37.3 Å². The molecular weight excluding hydrogens is 292 g/mol. The van der Waals surface area contributed by atoms with Crippen LogP contribution in [0.15, 0.2) is 64.4 Å². The lowest BCUT2D eigenvalue weighted by atomic mass is 10.1. The van der Waals surface area contributed by atoms with Gasteiger partial charge >= 0.3 is 0 Å². The van der Waals surface area contributed by atoms with Crippen molar-refractivity contribution in [2.24, 2.45) is 5.92 Å². The van der Waals surface area contributed by atoms with E-state index in [4.69, 9.17) is 0 Å². The van der Waals surface area contributed by atoms with Crippen LogP contribution in [0.1, 0.15) is 25.0 Å². The van der Waals surface area contributed by atoms with Gasteiger partial charge in [0.25, 0.3) is 0 Å². The average Bonchev–Trinajstić information content (AvgIpc) is 2.53. The van der Waals surface area contributed by atoms with Gasteiger partial charge in [0.05, 0.1) is 21.8 Å². The Kier molecular flexibility index (Phi) is 5.69. The summed E-state index contributed by atoms with van der Waals surface area (Å²) in [7, 11) is -1.37. The Morgan fingerprint density at radius 3 is 2.18 bits per heavy atom. The van der Waals surface area contributed by atoms with Gasteiger partial charge in [0.2, 0.25) is 0 Å². The molecule has 0 fully saturated rings. The van der Waals surface area contributed by atoms with Gasteiger partial charge in [0, 0.05) is 4.90 Å². The molecule has 1 unspecified atom stereocenters. The molecule has 0 aliphatic rings. The lowest BCUT2D eigenvalue weighted by molar-refractivity contribution is 0.169. The number of aliphatic hydroxyl groups is 1. The summed E-state index contributed by atoms with van der Waals surface area (Å²) in [5.74, 6) is 0.00404. The molecule has 0 bridgehead atoms. The molecule has 0 amide bonds. The Morgan fingerprint density at radius 1 is 1.05 bits per heavy atom. The molecule has 0 radical (unpaired) electrons. The average molecular weight is 314 g/mol. The molecule has 2 nitrogen and oxygen atoms in total. The molecule has 0 aliphatic carbocycles.